The van der Waals surface area contributed by atoms with Gasteiger partial charge in [-0.25, -0.2) is 0 Å². The van der Waals surface area contributed by atoms with E-state index < -0.39 is 6.75 Å². The monoisotopic (exact) mass is 104 g/mol. The Kier molecular flexibility index (Phi) is 0.537. The molecule has 0 bridgehead atoms. The first-order chi connectivity index (χ1) is 4.01. The Labute approximate surface area is 45.5 Å². The van der Waals surface area contributed by atoms with E-state index in [0.29, 0.717) is 11.5 Å². The third kappa shape index (κ3) is 0.683. The summed E-state index contributed by atoms with van der Waals surface area (Å²) in [7, 11) is 0. The van der Waals surface area contributed by atoms with Gasteiger partial charge in [0.25, 0.3) is 0 Å². The number of allylic oxidation sites excluding steroid dienone is 2. The second kappa shape index (κ2) is 1.45. The lowest BCUT2D eigenvalue weighted by molar-refractivity contribution is 0.0724. The zero-order valence-electron chi connectivity index (χ0n) is 6.32. The van der Waals surface area contributed by atoms with Gasteiger partial charge in [0.05, 0.1) is 0 Å². The Hall–Kier alpha value is -0.660. The minimum Gasteiger partial charge on any atom is -0.459 e. The van der Waals surface area contributed by atoms with Crippen molar-refractivity contribution in [2.24, 2.45) is 0 Å². The van der Waals surface area contributed by atoms with Crippen LogP contribution >= 0.6 is 0 Å². The Bertz CT molecular complexity index is 146. The van der Waals surface area contributed by atoms with Crippen LogP contribution in [0.1, 0.15) is 16.6 Å². The second-order valence-corrected chi connectivity index (χ2v) is 1.40. The molecule has 1 heterocycles. The summed E-state index contributed by atoms with van der Waals surface area (Å²) in [6, 6.07) is 0. The zero-order chi connectivity index (χ0) is 7.07. The average Bonchev–Trinajstić information content (AvgIpc) is 1.79. The molecule has 0 unspecified atom stereocenters. The van der Waals surface area contributed by atoms with Crippen LogP contribution in [0.3, 0.4) is 0 Å². The topological polar surface area (TPSA) is 18.5 Å². The zero-order valence-corrected chi connectivity index (χ0v) is 4.32. The third-order valence-corrected chi connectivity index (χ3v) is 0.885. The number of rotatable bonds is 0. The van der Waals surface area contributed by atoms with E-state index in [-0.39, 0.29) is 0 Å². The van der Waals surface area contributed by atoms with E-state index in [1.165, 1.54) is 0 Å². The highest BCUT2D eigenvalue weighted by Gasteiger charge is 2.05. The van der Waals surface area contributed by atoms with Gasteiger partial charge in [-0.3, -0.25) is 0 Å². The van der Waals surface area contributed by atoms with Gasteiger partial charge in [0.2, 0.25) is 6.75 Å². The fourth-order valence-electron chi connectivity index (χ4n) is 0.290. The van der Waals surface area contributed by atoms with Crippen LogP contribution in [0.25, 0.3) is 0 Å². The highest BCUT2D eigenvalue weighted by atomic mass is 16.7. The first-order valence-electron chi connectivity index (χ1n) is 3.07. The van der Waals surface area contributed by atoms with Crippen LogP contribution in [0, 0.1) is 0 Å². The molecule has 0 aromatic carbocycles. The normalized spacial score (nSPS) is 30.6. The standard InChI is InChI=1S/C5H8O2/c1-4-5(2)7-3-6-4/h3H2,1-2H3/i3T2. The van der Waals surface area contributed by atoms with Crippen LogP contribution in [-0.2, 0) is 9.47 Å². The van der Waals surface area contributed by atoms with Crippen molar-refractivity contribution >= 4 is 0 Å². The predicted molar refractivity (Wildman–Crippen MR) is 25.4 cm³/mol. The van der Waals surface area contributed by atoms with Gasteiger partial charge in [-0.1, -0.05) is 0 Å². The minimum atomic E-state index is -1.94. The van der Waals surface area contributed by atoms with Gasteiger partial charge in [-0.05, 0) is 13.8 Å². The number of ether oxygens (including phenoxy) is 2. The van der Waals surface area contributed by atoms with E-state index in [9.17, 15) is 0 Å². The quantitative estimate of drug-likeness (QED) is 0.460. The summed E-state index contributed by atoms with van der Waals surface area (Å²) in [6.45, 7) is 1.40. The lowest BCUT2D eigenvalue weighted by atomic mass is 10.5. The molecule has 0 atom stereocenters. The molecule has 0 aliphatic carbocycles. The van der Waals surface area contributed by atoms with Gasteiger partial charge in [0.1, 0.15) is 14.3 Å². The molecule has 2 nitrogen and oxygen atoms in total. The van der Waals surface area contributed by atoms with Crippen molar-refractivity contribution in [1.29, 1.82) is 0 Å². The first-order valence-corrected chi connectivity index (χ1v) is 2.07. The summed E-state index contributed by atoms with van der Waals surface area (Å²) < 4.78 is 23.2. The first kappa shape index (κ1) is 2.60. The van der Waals surface area contributed by atoms with Crippen molar-refractivity contribution in [3.63, 3.8) is 0 Å². The predicted octanol–water partition coefficient (Wildman–Crippen LogP) is 1.24. The molecule has 1 rings (SSSR count). The lowest BCUT2D eigenvalue weighted by Gasteiger charge is -1.87. The van der Waals surface area contributed by atoms with Crippen molar-refractivity contribution in [3.05, 3.63) is 11.5 Å². The van der Waals surface area contributed by atoms with Gasteiger partial charge in [-0.2, -0.15) is 0 Å². The van der Waals surface area contributed by atoms with Gasteiger partial charge < -0.3 is 9.47 Å². The second-order valence-electron chi connectivity index (χ2n) is 1.40. The van der Waals surface area contributed by atoms with Crippen LogP contribution in [0.2, 0.25) is 0 Å². The van der Waals surface area contributed by atoms with Crippen molar-refractivity contribution in [2.75, 3.05) is 6.75 Å². The lowest BCUT2D eigenvalue weighted by Crippen LogP contribution is -1.79. The highest BCUT2D eigenvalue weighted by molar-refractivity contribution is 4.97. The van der Waals surface area contributed by atoms with E-state index in [4.69, 9.17) is 2.74 Å². The molecule has 0 fully saturated rings. The molecule has 0 aromatic rings. The smallest absolute Gasteiger partial charge is 0.230 e. The molecule has 1 aliphatic heterocycles. The van der Waals surface area contributed by atoms with E-state index in [0.717, 1.165) is 0 Å². The van der Waals surface area contributed by atoms with Crippen LogP contribution in [0.4, 0.5) is 0 Å². The SMILES string of the molecule is [3H]C1([3H])OC(C)=C(C)O1. The molecule has 0 saturated heterocycles. The molecule has 0 radical (unpaired) electrons. The Morgan fingerprint density at radius 1 is 1.43 bits per heavy atom. The van der Waals surface area contributed by atoms with E-state index in [1.807, 2.05) is 0 Å². The molecule has 0 spiro atoms. The maximum atomic E-state index is 6.93. The summed E-state index contributed by atoms with van der Waals surface area (Å²) in [6.07, 6.45) is 0. The van der Waals surface area contributed by atoms with E-state index in [1.54, 1.807) is 13.8 Å². The van der Waals surface area contributed by atoms with Crippen LogP contribution < -0.4 is 0 Å². The summed E-state index contributed by atoms with van der Waals surface area (Å²) >= 11 is 0. The van der Waals surface area contributed by atoms with Crippen LogP contribution in [-0.4, -0.2) is 6.75 Å². The molecule has 0 aromatic heterocycles. The molecular formula is C5H8O2. The molecule has 40 valence electrons. The molecule has 1 aliphatic rings. The number of hydrogen-bond donors (Lipinski definition) is 0. The fourth-order valence-corrected chi connectivity index (χ4v) is 0.290. The molecule has 0 amide bonds. The Morgan fingerprint density at radius 2 is 1.86 bits per heavy atom. The van der Waals surface area contributed by atoms with Crippen molar-refractivity contribution in [3.8, 4) is 0 Å². The highest BCUT2D eigenvalue weighted by Crippen LogP contribution is 2.12. The van der Waals surface area contributed by atoms with Crippen LogP contribution in [0.5, 0.6) is 0 Å². The number of hydrogen-bond acceptors (Lipinski definition) is 2. The Morgan fingerprint density at radius 3 is 2.00 bits per heavy atom. The molecule has 0 N–H and O–H groups in total. The van der Waals surface area contributed by atoms with Crippen molar-refractivity contribution < 1.29 is 12.2 Å². The van der Waals surface area contributed by atoms with Gasteiger partial charge in [0.15, 0.2) is 0 Å². The third-order valence-electron chi connectivity index (χ3n) is 0.885. The maximum absolute atomic E-state index is 6.93. The van der Waals surface area contributed by atoms with E-state index >= 15 is 0 Å². The summed E-state index contributed by atoms with van der Waals surface area (Å²) in [4.78, 5) is 0. The van der Waals surface area contributed by atoms with Gasteiger partial charge in [0, 0.05) is 0 Å². The largest absolute Gasteiger partial charge is 0.459 e. The Balaban J connectivity index is 2.70. The van der Waals surface area contributed by atoms with Gasteiger partial charge in [-0.15, -0.1) is 0 Å². The van der Waals surface area contributed by atoms with Crippen molar-refractivity contribution in [2.45, 2.75) is 13.8 Å². The van der Waals surface area contributed by atoms with E-state index in [2.05, 4.69) is 9.47 Å². The summed E-state index contributed by atoms with van der Waals surface area (Å²) in [5, 5.41) is 0. The fraction of sp³-hybridized carbons (Fsp3) is 0.600. The average molecular weight is 104 g/mol. The molecule has 2 heteroatoms. The molecule has 0 saturated carbocycles. The maximum Gasteiger partial charge on any atom is 0.230 e. The van der Waals surface area contributed by atoms with Crippen molar-refractivity contribution in [1.82, 2.24) is 0 Å². The van der Waals surface area contributed by atoms with Gasteiger partial charge >= 0.3 is 0 Å². The minimum absolute atomic E-state index is 0.514. The molecular weight excluding hydrogens is 92.1 g/mol. The molecule has 7 heavy (non-hydrogen) atoms. The summed E-state index contributed by atoms with van der Waals surface area (Å²) in [5.74, 6) is 1.03. The summed E-state index contributed by atoms with van der Waals surface area (Å²) in [5.41, 5.74) is 0. The van der Waals surface area contributed by atoms with Crippen LogP contribution in [0.15, 0.2) is 11.5 Å².